The van der Waals surface area contributed by atoms with Crippen LogP contribution in [-0.2, 0) is 47.2 Å². The zero-order chi connectivity index (χ0) is 22.5. The van der Waals surface area contributed by atoms with Crippen LogP contribution >= 0.6 is 11.6 Å². The van der Waals surface area contributed by atoms with Crippen molar-refractivity contribution >= 4 is 32.7 Å². The number of sulfonamides is 1. The lowest BCUT2D eigenvalue weighted by Crippen LogP contribution is -2.38. The molecule has 0 unspecified atom stereocenters. The Morgan fingerprint density at radius 3 is 2.81 bits per heavy atom. The first-order valence-corrected chi connectivity index (χ1v) is 12.8. The monoisotopic (exact) mass is 476 g/mol. The van der Waals surface area contributed by atoms with E-state index in [0.717, 1.165) is 48.2 Å². The molecule has 0 fully saturated rings. The van der Waals surface area contributed by atoms with E-state index in [4.69, 9.17) is 26.0 Å². The van der Waals surface area contributed by atoms with Gasteiger partial charge in [0.2, 0.25) is 10.0 Å². The summed E-state index contributed by atoms with van der Waals surface area (Å²) in [6.45, 7) is 5.35. The molecule has 0 bridgehead atoms. The molecule has 8 nitrogen and oxygen atoms in total. The number of fused-ring (bicyclic) bond motifs is 4. The van der Waals surface area contributed by atoms with Crippen molar-refractivity contribution in [3.63, 3.8) is 0 Å². The van der Waals surface area contributed by atoms with Crippen LogP contribution in [0.3, 0.4) is 0 Å². The molecule has 3 aromatic rings. The first kappa shape index (κ1) is 21.8. The van der Waals surface area contributed by atoms with E-state index in [1.807, 2.05) is 0 Å². The largest absolute Gasteiger partial charge is 0.373 e. The van der Waals surface area contributed by atoms with Crippen molar-refractivity contribution in [2.45, 2.75) is 70.1 Å². The maximum atomic E-state index is 13.6. The summed E-state index contributed by atoms with van der Waals surface area (Å²) in [7, 11) is -3.84. The highest BCUT2D eigenvalue weighted by molar-refractivity contribution is 7.89. The van der Waals surface area contributed by atoms with Gasteiger partial charge in [-0.05, 0) is 58.9 Å². The predicted molar refractivity (Wildman–Crippen MR) is 119 cm³/mol. The molecule has 0 N–H and O–H groups in total. The summed E-state index contributed by atoms with van der Waals surface area (Å²) in [6.07, 6.45) is 4.65. The molecule has 1 atom stereocenters. The first-order valence-electron chi connectivity index (χ1n) is 10.9. The van der Waals surface area contributed by atoms with Crippen molar-refractivity contribution in [2.75, 3.05) is 6.54 Å². The van der Waals surface area contributed by atoms with E-state index in [1.165, 1.54) is 22.0 Å². The standard InChI is InChI=1S/C22H25ClN4O4S/c1-3-4-5-18-14-10-13(2)30-12-16(14)15-11-27(9-8-19(15)24-18)32(28,29)20-7-6-17(23)21-22(20)26-31-25-21/h6-7,13H,3-5,8-12H2,1-2H3/t13-/m0/s1. The molecular weight excluding hydrogens is 452 g/mol. The molecule has 0 radical (unpaired) electrons. The Kier molecular flexibility index (Phi) is 5.69. The number of nitrogens with zero attached hydrogens (tertiary/aromatic N) is 4. The summed E-state index contributed by atoms with van der Waals surface area (Å²) in [5.41, 5.74) is 5.87. The van der Waals surface area contributed by atoms with Crippen molar-refractivity contribution in [3.05, 3.63) is 45.2 Å². The fourth-order valence-corrected chi connectivity index (χ4v) is 6.33. The van der Waals surface area contributed by atoms with Gasteiger partial charge in [-0.3, -0.25) is 4.98 Å². The quantitative estimate of drug-likeness (QED) is 0.551. The normalized spacial score (nSPS) is 19.2. The minimum Gasteiger partial charge on any atom is -0.373 e. The van der Waals surface area contributed by atoms with Crippen LogP contribution in [-0.4, -0.2) is 40.7 Å². The number of aromatic nitrogens is 3. The third-order valence-corrected chi connectivity index (χ3v) is 8.53. The molecule has 0 aliphatic carbocycles. The van der Waals surface area contributed by atoms with Gasteiger partial charge >= 0.3 is 0 Å². The topological polar surface area (TPSA) is 98.4 Å². The molecule has 2 aromatic heterocycles. The van der Waals surface area contributed by atoms with Gasteiger partial charge in [0.25, 0.3) is 0 Å². The average molecular weight is 477 g/mol. The number of hydrogen-bond acceptors (Lipinski definition) is 7. The minimum atomic E-state index is -3.84. The summed E-state index contributed by atoms with van der Waals surface area (Å²) >= 11 is 6.12. The second kappa shape index (κ2) is 8.37. The number of rotatable bonds is 5. The van der Waals surface area contributed by atoms with Crippen LogP contribution in [0.2, 0.25) is 5.02 Å². The van der Waals surface area contributed by atoms with Crippen LogP contribution in [0.1, 0.15) is 54.8 Å². The molecule has 0 amide bonds. The smallest absolute Gasteiger partial charge is 0.245 e. The maximum Gasteiger partial charge on any atom is 0.245 e. The Hall–Kier alpha value is -2.07. The lowest BCUT2D eigenvalue weighted by molar-refractivity contribution is 0.0395. The second-order valence-corrected chi connectivity index (χ2v) is 10.8. The number of unbranched alkanes of at least 4 members (excludes halogenated alkanes) is 1. The van der Waals surface area contributed by atoms with Crippen molar-refractivity contribution in [3.8, 4) is 0 Å². The van der Waals surface area contributed by atoms with Crippen molar-refractivity contribution in [1.29, 1.82) is 0 Å². The molecule has 0 spiro atoms. The molecule has 10 heteroatoms. The van der Waals surface area contributed by atoms with Gasteiger partial charge in [0.05, 0.1) is 17.7 Å². The van der Waals surface area contributed by atoms with E-state index >= 15 is 0 Å². The highest BCUT2D eigenvalue weighted by Crippen LogP contribution is 2.35. The maximum absolute atomic E-state index is 13.6. The zero-order valence-electron chi connectivity index (χ0n) is 18.1. The molecule has 170 valence electrons. The lowest BCUT2D eigenvalue weighted by atomic mass is 9.89. The van der Waals surface area contributed by atoms with Crippen molar-refractivity contribution in [2.24, 2.45) is 0 Å². The highest BCUT2D eigenvalue weighted by Gasteiger charge is 2.35. The third kappa shape index (κ3) is 3.61. The van der Waals surface area contributed by atoms with Crippen LogP contribution < -0.4 is 0 Å². The number of ether oxygens (including phenoxy) is 1. The van der Waals surface area contributed by atoms with Gasteiger partial charge in [0.15, 0.2) is 11.0 Å². The Morgan fingerprint density at radius 2 is 2.00 bits per heavy atom. The van der Waals surface area contributed by atoms with Gasteiger partial charge in [-0.2, -0.15) is 4.31 Å². The Morgan fingerprint density at radius 1 is 1.19 bits per heavy atom. The summed E-state index contributed by atoms with van der Waals surface area (Å²) in [5, 5.41) is 7.84. The van der Waals surface area contributed by atoms with Gasteiger partial charge in [0.1, 0.15) is 4.90 Å². The first-order chi connectivity index (χ1) is 15.4. The summed E-state index contributed by atoms with van der Waals surface area (Å²) in [4.78, 5) is 5.06. The molecule has 5 rings (SSSR count). The minimum absolute atomic E-state index is 0.0489. The molecule has 2 aliphatic heterocycles. The molecule has 2 aliphatic rings. The van der Waals surface area contributed by atoms with Gasteiger partial charge in [-0.25, -0.2) is 13.0 Å². The molecular formula is C22H25ClN4O4S. The highest BCUT2D eigenvalue weighted by atomic mass is 35.5. The average Bonchev–Trinajstić information content (AvgIpc) is 3.28. The number of hydrogen-bond donors (Lipinski definition) is 0. The number of aryl methyl sites for hydroxylation is 1. The van der Waals surface area contributed by atoms with E-state index in [9.17, 15) is 8.42 Å². The van der Waals surface area contributed by atoms with Crippen LogP contribution in [0.4, 0.5) is 0 Å². The Labute approximate surface area is 191 Å². The molecule has 1 aromatic carbocycles. The third-order valence-electron chi connectivity index (χ3n) is 6.35. The van der Waals surface area contributed by atoms with E-state index in [1.54, 1.807) is 0 Å². The van der Waals surface area contributed by atoms with Crippen LogP contribution in [0, 0.1) is 0 Å². The Bertz CT molecular complexity index is 1290. The fourth-order valence-electron chi connectivity index (χ4n) is 4.61. The number of benzene rings is 1. The summed E-state index contributed by atoms with van der Waals surface area (Å²) < 4.78 is 39.3. The summed E-state index contributed by atoms with van der Waals surface area (Å²) in [6, 6.07) is 2.98. The SMILES string of the molecule is CCCCc1nc2c(c3c1C[C@H](C)OC3)CN(S(=O)(=O)c1ccc(Cl)c3nonc13)CC2. The lowest BCUT2D eigenvalue weighted by Gasteiger charge is -2.33. The molecule has 4 heterocycles. The molecule has 0 saturated heterocycles. The predicted octanol–water partition coefficient (Wildman–Crippen LogP) is 3.82. The molecule has 0 saturated carbocycles. The number of pyridine rings is 1. The second-order valence-electron chi connectivity index (χ2n) is 8.47. The van der Waals surface area contributed by atoms with Gasteiger partial charge in [0, 0.05) is 37.3 Å². The van der Waals surface area contributed by atoms with E-state index < -0.39 is 10.0 Å². The van der Waals surface area contributed by atoms with Gasteiger partial charge in [-0.15, -0.1) is 0 Å². The van der Waals surface area contributed by atoms with Crippen molar-refractivity contribution < 1.29 is 17.8 Å². The molecule has 32 heavy (non-hydrogen) atoms. The summed E-state index contributed by atoms with van der Waals surface area (Å²) in [5.74, 6) is 0. The van der Waals surface area contributed by atoms with Crippen LogP contribution in [0.25, 0.3) is 11.0 Å². The van der Waals surface area contributed by atoms with Crippen LogP contribution in [0.5, 0.6) is 0 Å². The van der Waals surface area contributed by atoms with Gasteiger partial charge < -0.3 is 4.74 Å². The van der Waals surface area contributed by atoms with Crippen LogP contribution in [0.15, 0.2) is 21.7 Å². The van der Waals surface area contributed by atoms with Gasteiger partial charge in [-0.1, -0.05) is 24.9 Å². The Balaban J connectivity index is 1.55. The number of halogens is 1. The zero-order valence-corrected chi connectivity index (χ0v) is 19.7. The fraction of sp³-hybridized carbons (Fsp3) is 0.500. The van der Waals surface area contributed by atoms with Crippen molar-refractivity contribution in [1.82, 2.24) is 19.6 Å². The van der Waals surface area contributed by atoms with E-state index in [0.29, 0.717) is 24.6 Å². The van der Waals surface area contributed by atoms with E-state index in [-0.39, 0.29) is 28.6 Å². The van der Waals surface area contributed by atoms with E-state index in [2.05, 4.69) is 24.2 Å².